The van der Waals surface area contributed by atoms with E-state index in [1.165, 1.54) is 6.07 Å². The molecule has 4 nitrogen and oxygen atoms in total. The number of carbonyl (C=O) groups excluding carboxylic acids is 1. The molecule has 0 saturated carbocycles. The van der Waals surface area contributed by atoms with Crippen LogP contribution in [0.2, 0.25) is 5.02 Å². The topological polar surface area (TPSA) is 67.1 Å². The Morgan fingerprint density at radius 2 is 1.85 bits per heavy atom. The van der Waals surface area contributed by atoms with Crippen LogP contribution in [0.5, 0.6) is 0 Å². The molecule has 0 aliphatic rings. The van der Waals surface area contributed by atoms with Crippen molar-refractivity contribution in [2.45, 2.75) is 0 Å². The maximum atomic E-state index is 13.4. The molecular weight excluding hydrogens is 288 g/mol. The Morgan fingerprint density at radius 3 is 2.55 bits per heavy atom. The zero-order valence-electron chi connectivity index (χ0n) is 10.1. The molecule has 0 bridgehead atoms. The van der Waals surface area contributed by atoms with Crippen LogP contribution in [0.3, 0.4) is 0 Å². The highest BCUT2D eigenvalue weighted by atomic mass is 35.5. The molecule has 2 aromatic rings. The lowest BCUT2D eigenvalue weighted by atomic mass is 10.2. The van der Waals surface area contributed by atoms with Crippen molar-refractivity contribution < 1.29 is 13.6 Å². The Kier molecular flexibility index (Phi) is 4.05. The van der Waals surface area contributed by atoms with Crippen LogP contribution < -0.4 is 16.4 Å². The van der Waals surface area contributed by atoms with Crippen LogP contribution >= 0.6 is 11.6 Å². The molecule has 0 spiro atoms. The third-order valence-electron chi connectivity index (χ3n) is 2.42. The molecule has 2 rings (SSSR count). The Morgan fingerprint density at radius 1 is 1.10 bits per heavy atom. The number of halogens is 3. The van der Waals surface area contributed by atoms with Crippen LogP contribution in [0.4, 0.5) is 30.6 Å². The molecule has 2 amide bonds. The number of urea groups is 1. The Labute approximate surface area is 118 Å². The molecule has 104 valence electrons. The molecule has 0 saturated heterocycles. The standard InChI is InChI=1S/C13H10ClF2N3O/c14-7-2-1-3-8(4-7)18-13(20)19-12-6-11(17)9(15)5-10(12)16/h1-6H,17H2,(H2,18,19,20). The zero-order chi connectivity index (χ0) is 14.7. The molecule has 0 radical (unpaired) electrons. The SMILES string of the molecule is Nc1cc(NC(=O)Nc2cccc(Cl)c2)c(F)cc1F. The van der Waals surface area contributed by atoms with Crippen LogP contribution in [0.25, 0.3) is 0 Å². The minimum atomic E-state index is -0.919. The summed E-state index contributed by atoms with van der Waals surface area (Å²) in [7, 11) is 0. The van der Waals surface area contributed by atoms with E-state index in [1.807, 2.05) is 0 Å². The van der Waals surface area contributed by atoms with Crippen molar-refractivity contribution in [3.05, 3.63) is 53.1 Å². The molecule has 0 fully saturated rings. The summed E-state index contributed by atoms with van der Waals surface area (Å²) in [6, 6.07) is 7.33. The van der Waals surface area contributed by atoms with Gasteiger partial charge in [0.05, 0.1) is 11.4 Å². The van der Waals surface area contributed by atoms with Crippen molar-refractivity contribution in [3.63, 3.8) is 0 Å². The third kappa shape index (κ3) is 3.36. The fourth-order valence-corrected chi connectivity index (χ4v) is 1.70. The highest BCUT2D eigenvalue weighted by Crippen LogP contribution is 2.21. The summed E-state index contributed by atoms with van der Waals surface area (Å²) in [5.41, 5.74) is 5.26. The monoisotopic (exact) mass is 297 g/mol. The van der Waals surface area contributed by atoms with Gasteiger partial charge in [-0.25, -0.2) is 13.6 Å². The smallest absolute Gasteiger partial charge is 0.323 e. The summed E-state index contributed by atoms with van der Waals surface area (Å²) in [5, 5.41) is 5.13. The summed E-state index contributed by atoms with van der Waals surface area (Å²) >= 11 is 5.76. The van der Waals surface area contributed by atoms with Gasteiger partial charge in [-0.1, -0.05) is 17.7 Å². The van der Waals surface area contributed by atoms with E-state index in [1.54, 1.807) is 18.2 Å². The highest BCUT2D eigenvalue weighted by Gasteiger charge is 2.11. The van der Waals surface area contributed by atoms with Gasteiger partial charge >= 0.3 is 6.03 Å². The van der Waals surface area contributed by atoms with Gasteiger partial charge in [-0.3, -0.25) is 0 Å². The average Bonchev–Trinajstić information content (AvgIpc) is 2.36. The minimum absolute atomic E-state index is 0.219. The summed E-state index contributed by atoms with van der Waals surface area (Å²) in [4.78, 5) is 11.7. The van der Waals surface area contributed by atoms with Gasteiger partial charge in [0.2, 0.25) is 0 Å². The first-order valence-corrected chi connectivity index (χ1v) is 5.91. The third-order valence-corrected chi connectivity index (χ3v) is 2.65. The summed E-state index contributed by atoms with van der Waals surface area (Å²) in [6.45, 7) is 0. The lowest BCUT2D eigenvalue weighted by Crippen LogP contribution is -2.20. The van der Waals surface area contributed by atoms with Crippen molar-refractivity contribution in [3.8, 4) is 0 Å². The molecule has 4 N–H and O–H groups in total. The van der Waals surface area contributed by atoms with Crippen molar-refractivity contribution in [1.82, 2.24) is 0 Å². The number of anilines is 3. The Bertz CT molecular complexity index is 664. The van der Waals surface area contributed by atoms with Crippen LogP contribution in [0, 0.1) is 11.6 Å². The number of benzene rings is 2. The quantitative estimate of drug-likeness (QED) is 0.737. The zero-order valence-corrected chi connectivity index (χ0v) is 10.8. The van der Waals surface area contributed by atoms with Crippen molar-refractivity contribution in [1.29, 1.82) is 0 Å². The van der Waals surface area contributed by atoms with Crippen molar-refractivity contribution in [2.75, 3.05) is 16.4 Å². The van der Waals surface area contributed by atoms with E-state index in [0.717, 1.165) is 6.07 Å². The van der Waals surface area contributed by atoms with Crippen LogP contribution in [-0.2, 0) is 0 Å². The number of nitrogen functional groups attached to an aromatic ring is 1. The lowest BCUT2D eigenvalue weighted by Gasteiger charge is -2.09. The molecule has 0 aromatic heterocycles. The molecule has 20 heavy (non-hydrogen) atoms. The van der Waals surface area contributed by atoms with E-state index >= 15 is 0 Å². The Balaban J connectivity index is 2.10. The normalized spacial score (nSPS) is 10.2. The van der Waals surface area contributed by atoms with Gasteiger partial charge < -0.3 is 16.4 Å². The second kappa shape index (κ2) is 5.75. The molecule has 7 heteroatoms. The molecule has 0 atom stereocenters. The second-order valence-electron chi connectivity index (χ2n) is 3.94. The number of hydrogen-bond acceptors (Lipinski definition) is 2. The molecule has 0 unspecified atom stereocenters. The number of hydrogen-bond donors (Lipinski definition) is 3. The van der Waals surface area contributed by atoms with E-state index in [9.17, 15) is 13.6 Å². The van der Waals surface area contributed by atoms with Crippen molar-refractivity contribution >= 4 is 34.7 Å². The number of amides is 2. The van der Waals surface area contributed by atoms with Crippen LogP contribution in [0.1, 0.15) is 0 Å². The lowest BCUT2D eigenvalue weighted by molar-refractivity contribution is 0.262. The first kappa shape index (κ1) is 14.1. The van der Waals surface area contributed by atoms with Gasteiger partial charge in [-0.05, 0) is 24.3 Å². The van der Waals surface area contributed by atoms with E-state index in [0.29, 0.717) is 16.8 Å². The van der Waals surface area contributed by atoms with Gasteiger partial charge in [0.15, 0.2) is 0 Å². The molecule has 2 aromatic carbocycles. The number of nitrogens with two attached hydrogens (primary N) is 1. The maximum absolute atomic E-state index is 13.4. The average molecular weight is 298 g/mol. The molecule has 0 aliphatic heterocycles. The van der Waals surface area contributed by atoms with Gasteiger partial charge in [0.1, 0.15) is 11.6 Å². The first-order valence-electron chi connectivity index (χ1n) is 5.54. The summed E-state index contributed by atoms with van der Waals surface area (Å²) < 4.78 is 26.4. The van der Waals surface area contributed by atoms with Gasteiger partial charge in [-0.2, -0.15) is 0 Å². The van der Waals surface area contributed by atoms with Gasteiger partial charge in [0, 0.05) is 16.8 Å². The predicted molar refractivity (Wildman–Crippen MR) is 74.9 cm³/mol. The molecule has 0 aliphatic carbocycles. The van der Waals surface area contributed by atoms with Gasteiger partial charge in [0.25, 0.3) is 0 Å². The second-order valence-corrected chi connectivity index (χ2v) is 4.38. The highest BCUT2D eigenvalue weighted by molar-refractivity contribution is 6.30. The fourth-order valence-electron chi connectivity index (χ4n) is 1.51. The first-order chi connectivity index (χ1) is 9.45. The number of rotatable bonds is 2. The van der Waals surface area contributed by atoms with Crippen LogP contribution in [-0.4, -0.2) is 6.03 Å². The maximum Gasteiger partial charge on any atom is 0.323 e. The predicted octanol–water partition coefficient (Wildman–Crippen LogP) is 3.84. The van der Waals surface area contributed by atoms with Crippen LogP contribution in [0.15, 0.2) is 36.4 Å². The van der Waals surface area contributed by atoms with E-state index < -0.39 is 17.7 Å². The number of carbonyl (C=O) groups is 1. The largest absolute Gasteiger partial charge is 0.396 e. The molecular formula is C13H10ClF2N3O. The number of nitrogens with one attached hydrogen (secondary N) is 2. The van der Waals surface area contributed by atoms with Crippen molar-refractivity contribution in [2.24, 2.45) is 0 Å². The van der Waals surface area contributed by atoms with E-state index in [2.05, 4.69) is 10.6 Å². The summed E-state index contributed by atoms with van der Waals surface area (Å²) in [6.07, 6.45) is 0. The van der Waals surface area contributed by atoms with E-state index in [4.69, 9.17) is 17.3 Å². The van der Waals surface area contributed by atoms with E-state index in [-0.39, 0.29) is 11.4 Å². The summed E-state index contributed by atoms with van der Waals surface area (Å²) in [5.74, 6) is -1.80. The molecule has 0 heterocycles. The fraction of sp³-hybridized carbons (Fsp3) is 0. The minimum Gasteiger partial charge on any atom is -0.396 e. The van der Waals surface area contributed by atoms with Gasteiger partial charge in [-0.15, -0.1) is 0 Å². The Hall–Kier alpha value is -2.34.